The Morgan fingerprint density at radius 3 is 2.57 bits per heavy atom. The Bertz CT molecular complexity index is 619. The lowest BCUT2D eigenvalue weighted by Crippen LogP contribution is -2.40. The van der Waals surface area contributed by atoms with Crippen LogP contribution in [-0.2, 0) is 11.0 Å². The van der Waals surface area contributed by atoms with E-state index in [-0.39, 0.29) is 36.9 Å². The average Bonchev–Trinajstić information content (AvgIpc) is 2.40. The molecular formula is C14H12F4N2O. The van der Waals surface area contributed by atoms with Crippen LogP contribution < -0.4 is 4.90 Å². The predicted octanol–water partition coefficient (Wildman–Crippen LogP) is 3.13. The summed E-state index contributed by atoms with van der Waals surface area (Å²) >= 11 is 0. The van der Waals surface area contributed by atoms with Gasteiger partial charge in [-0.1, -0.05) is 6.92 Å². The number of nitriles is 1. The van der Waals surface area contributed by atoms with Gasteiger partial charge in [0.25, 0.3) is 0 Å². The Hall–Kier alpha value is -2.10. The first-order valence-electron chi connectivity index (χ1n) is 6.33. The number of nitrogens with zero attached hydrogens (tertiary/aromatic N) is 2. The number of ketones is 1. The molecule has 1 unspecified atom stereocenters. The number of Topliss-reactive ketones (excluding diaryl/α,β-unsaturated/α-hetero) is 1. The van der Waals surface area contributed by atoms with E-state index in [2.05, 4.69) is 0 Å². The van der Waals surface area contributed by atoms with Gasteiger partial charge in [0.05, 0.1) is 17.3 Å². The van der Waals surface area contributed by atoms with Gasteiger partial charge in [0.1, 0.15) is 11.3 Å². The molecule has 0 bridgehead atoms. The molecule has 1 aromatic carbocycles. The third-order valence-electron chi connectivity index (χ3n) is 3.54. The molecule has 112 valence electrons. The summed E-state index contributed by atoms with van der Waals surface area (Å²) < 4.78 is 53.0. The maximum absolute atomic E-state index is 14.2. The minimum atomic E-state index is -4.94. The molecule has 0 aromatic heterocycles. The number of hydrogen-bond acceptors (Lipinski definition) is 3. The van der Waals surface area contributed by atoms with E-state index in [1.807, 2.05) is 0 Å². The van der Waals surface area contributed by atoms with Gasteiger partial charge in [-0.25, -0.2) is 4.39 Å². The average molecular weight is 300 g/mol. The van der Waals surface area contributed by atoms with E-state index in [9.17, 15) is 22.4 Å². The number of anilines is 1. The molecule has 21 heavy (non-hydrogen) atoms. The Balaban J connectivity index is 2.48. The maximum Gasteiger partial charge on any atom is 0.420 e. The van der Waals surface area contributed by atoms with Crippen LogP contribution in [0, 0.1) is 23.1 Å². The van der Waals surface area contributed by atoms with Gasteiger partial charge in [-0.05, 0) is 12.1 Å². The van der Waals surface area contributed by atoms with Crippen LogP contribution in [0.15, 0.2) is 12.1 Å². The molecule has 0 radical (unpaired) electrons. The van der Waals surface area contributed by atoms with Crippen LogP contribution in [0.5, 0.6) is 0 Å². The van der Waals surface area contributed by atoms with Gasteiger partial charge in [-0.3, -0.25) is 4.79 Å². The van der Waals surface area contributed by atoms with Crippen molar-refractivity contribution in [1.82, 2.24) is 0 Å². The summed E-state index contributed by atoms with van der Waals surface area (Å²) in [7, 11) is 0. The first-order chi connectivity index (χ1) is 9.75. The first-order valence-corrected chi connectivity index (χ1v) is 6.33. The van der Waals surface area contributed by atoms with Gasteiger partial charge >= 0.3 is 6.18 Å². The normalized spacial score (nSPS) is 19.5. The summed E-state index contributed by atoms with van der Waals surface area (Å²) in [6, 6.07) is 3.48. The van der Waals surface area contributed by atoms with Crippen molar-refractivity contribution in [3.8, 4) is 6.07 Å². The number of alkyl halides is 3. The molecule has 0 spiro atoms. The van der Waals surface area contributed by atoms with E-state index in [0.29, 0.717) is 0 Å². The maximum atomic E-state index is 14.2. The molecular weight excluding hydrogens is 288 g/mol. The third kappa shape index (κ3) is 2.84. The summed E-state index contributed by atoms with van der Waals surface area (Å²) in [6.07, 6.45) is -4.77. The number of halogens is 4. The van der Waals surface area contributed by atoms with E-state index in [1.54, 1.807) is 6.92 Å². The Morgan fingerprint density at radius 2 is 2.05 bits per heavy atom. The Kier molecular flexibility index (Phi) is 3.90. The SMILES string of the molecule is CC1CN(c2ccc(C#N)c(C(F)(F)F)c2F)CCC1=O. The third-order valence-corrected chi connectivity index (χ3v) is 3.54. The van der Waals surface area contributed by atoms with Crippen molar-refractivity contribution in [3.63, 3.8) is 0 Å². The van der Waals surface area contributed by atoms with Crippen molar-refractivity contribution in [1.29, 1.82) is 5.26 Å². The molecule has 1 fully saturated rings. The van der Waals surface area contributed by atoms with Crippen molar-refractivity contribution in [3.05, 3.63) is 29.1 Å². The van der Waals surface area contributed by atoms with Crippen LogP contribution >= 0.6 is 0 Å². The van der Waals surface area contributed by atoms with Gasteiger partial charge < -0.3 is 4.90 Å². The van der Waals surface area contributed by atoms with Crippen LogP contribution in [0.1, 0.15) is 24.5 Å². The van der Waals surface area contributed by atoms with Crippen molar-refractivity contribution in [2.24, 2.45) is 5.92 Å². The van der Waals surface area contributed by atoms with Crippen molar-refractivity contribution in [2.45, 2.75) is 19.5 Å². The van der Waals surface area contributed by atoms with Crippen LogP contribution in [-0.4, -0.2) is 18.9 Å². The highest BCUT2D eigenvalue weighted by Gasteiger charge is 2.39. The highest BCUT2D eigenvalue weighted by Crippen LogP contribution is 2.38. The minimum Gasteiger partial charge on any atom is -0.368 e. The van der Waals surface area contributed by atoms with Crippen LogP contribution in [0.3, 0.4) is 0 Å². The van der Waals surface area contributed by atoms with Crippen LogP contribution in [0.25, 0.3) is 0 Å². The van der Waals surface area contributed by atoms with E-state index in [1.165, 1.54) is 11.0 Å². The monoisotopic (exact) mass is 300 g/mol. The zero-order valence-electron chi connectivity index (χ0n) is 11.2. The highest BCUT2D eigenvalue weighted by molar-refractivity contribution is 5.83. The second-order valence-corrected chi connectivity index (χ2v) is 4.99. The van der Waals surface area contributed by atoms with E-state index < -0.39 is 23.1 Å². The molecule has 7 heteroatoms. The fraction of sp³-hybridized carbons (Fsp3) is 0.429. The van der Waals surface area contributed by atoms with Gasteiger partial charge in [-0.15, -0.1) is 0 Å². The molecule has 0 aliphatic carbocycles. The highest BCUT2D eigenvalue weighted by atomic mass is 19.4. The molecule has 1 atom stereocenters. The smallest absolute Gasteiger partial charge is 0.368 e. The summed E-state index contributed by atoms with van der Waals surface area (Å²) in [5, 5.41) is 8.71. The van der Waals surface area contributed by atoms with Crippen LogP contribution in [0.2, 0.25) is 0 Å². The van der Waals surface area contributed by atoms with Gasteiger partial charge in [0.15, 0.2) is 5.82 Å². The molecule has 1 heterocycles. The Morgan fingerprint density at radius 1 is 1.38 bits per heavy atom. The quantitative estimate of drug-likeness (QED) is 0.748. The fourth-order valence-electron chi connectivity index (χ4n) is 2.41. The summed E-state index contributed by atoms with van der Waals surface area (Å²) in [4.78, 5) is 12.9. The predicted molar refractivity (Wildman–Crippen MR) is 67.1 cm³/mol. The number of carbonyl (C=O) groups is 1. The molecule has 1 saturated heterocycles. The van der Waals surface area contributed by atoms with Gasteiger partial charge in [0, 0.05) is 25.4 Å². The van der Waals surface area contributed by atoms with Gasteiger partial charge in [-0.2, -0.15) is 18.4 Å². The van der Waals surface area contributed by atoms with Crippen LogP contribution in [0.4, 0.5) is 23.2 Å². The fourth-order valence-corrected chi connectivity index (χ4v) is 2.41. The summed E-state index contributed by atoms with van der Waals surface area (Å²) in [6.45, 7) is 1.99. The second kappa shape index (κ2) is 5.35. The Labute approximate surface area is 118 Å². The zero-order valence-corrected chi connectivity index (χ0v) is 11.2. The molecule has 3 nitrogen and oxygen atoms in total. The standard InChI is InChI=1S/C14H12F4N2O/c1-8-7-20(5-4-11(8)21)10-3-2-9(6-19)12(13(10)15)14(16,17)18/h2-3,8H,4-5,7H2,1H3. The topological polar surface area (TPSA) is 44.1 Å². The van der Waals surface area contributed by atoms with Gasteiger partial charge in [0.2, 0.25) is 0 Å². The summed E-state index contributed by atoms with van der Waals surface area (Å²) in [5.41, 5.74) is -2.52. The lowest BCUT2D eigenvalue weighted by Gasteiger charge is -2.32. The number of piperidine rings is 1. The van der Waals surface area contributed by atoms with Crippen molar-refractivity contribution < 1.29 is 22.4 Å². The molecule has 0 amide bonds. The van der Waals surface area contributed by atoms with E-state index in [4.69, 9.17) is 5.26 Å². The van der Waals surface area contributed by atoms with E-state index in [0.717, 1.165) is 12.1 Å². The first kappa shape index (κ1) is 15.3. The van der Waals surface area contributed by atoms with E-state index >= 15 is 0 Å². The molecule has 0 N–H and O–H groups in total. The molecule has 1 aliphatic heterocycles. The number of hydrogen-bond donors (Lipinski definition) is 0. The zero-order chi connectivity index (χ0) is 15.8. The lowest BCUT2D eigenvalue weighted by molar-refractivity contribution is -0.140. The lowest BCUT2D eigenvalue weighted by atomic mass is 9.97. The van der Waals surface area contributed by atoms with Crippen molar-refractivity contribution in [2.75, 3.05) is 18.0 Å². The number of rotatable bonds is 1. The number of benzene rings is 1. The largest absolute Gasteiger partial charge is 0.420 e. The molecule has 1 aliphatic rings. The minimum absolute atomic E-state index is 0.0105. The van der Waals surface area contributed by atoms with Crippen molar-refractivity contribution >= 4 is 11.5 Å². The molecule has 1 aromatic rings. The second-order valence-electron chi connectivity index (χ2n) is 4.99. The molecule has 0 saturated carbocycles. The molecule has 2 rings (SSSR count). The number of carbonyl (C=O) groups excluding carboxylic acids is 1. The summed E-state index contributed by atoms with van der Waals surface area (Å²) in [5.74, 6) is -1.80.